The molecule has 116 valence electrons. The van der Waals surface area contributed by atoms with Crippen molar-refractivity contribution in [3.63, 3.8) is 0 Å². The molecule has 21 heavy (non-hydrogen) atoms. The average Bonchev–Trinajstić information content (AvgIpc) is 2.54. The molecule has 0 aliphatic carbocycles. The standard InChI is InChI=1S/C15H25N5O/c1-3-12(2)20-9-7-19(8-10-20)11-13-5-4-6-14(17-13)15(21)18-16/h4-6,12H,3,7-11,16H2,1-2H3,(H,18,21). The van der Waals surface area contributed by atoms with Crippen LogP contribution in [-0.2, 0) is 6.54 Å². The Morgan fingerprint density at radius 2 is 2.10 bits per heavy atom. The van der Waals surface area contributed by atoms with Crippen molar-refractivity contribution in [3.05, 3.63) is 29.6 Å². The first-order valence-corrected chi connectivity index (χ1v) is 7.57. The zero-order valence-electron chi connectivity index (χ0n) is 12.9. The van der Waals surface area contributed by atoms with Gasteiger partial charge in [-0.05, 0) is 25.5 Å². The van der Waals surface area contributed by atoms with Gasteiger partial charge in [0.1, 0.15) is 5.69 Å². The Bertz CT molecular complexity index is 471. The summed E-state index contributed by atoms with van der Waals surface area (Å²) in [4.78, 5) is 20.8. The first kappa shape index (κ1) is 15.9. The molecule has 1 aromatic heterocycles. The summed E-state index contributed by atoms with van der Waals surface area (Å²) in [7, 11) is 0. The van der Waals surface area contributed by atoms with Crippen LogP contribution >= 0.6 is 0 Å². The van der Waals surface area contributed by atoms with E-state index < -0.39 is 0 Å². The largest absolute Gasteiger partial charge is 0.298 e. The van der Waals surface area contributed by atoms with E-state index in [1.165, 1.54) is 6.42 Å². The number of hydrogen-bond acceptors (Lipinski definition) is 5. The third kappa shape index (κ3) is 4.23. The van der Waals surface area contributed by atoms with Crippen molar-refractivity contribution in [1.29, 1.82) is 0 Å². The molecule has 3 N–H and O–H groups in total. The summed E-state index contributed by atoms with van der Waals surface area (Å²) in [5.74, 6) is 4.79. The van der Waals surface area contributed by atoms with Crippen molar-refractivity contribution in [2.45, 2.75) is 32.9 Å². The molecule has 1 unspecified atom stereocenters. The Labute approximate surface area is 126 Å². The van der Waals surface area contributed by atoms with E-state index in [1.54, 1.807) is 6.07 Å². The predicted octanol–water partition coefficient (Wildman–Crippen LogP) is 0.601. The summed E-state index contributed by atoms with van der Waals surface area (Å²) < 4.78 is 0. The molecule has 0 radical (unpaired) electrons. The molecule has 2 heterocycles. The second-order valence-corrected chi connectivity index (χ2v) is 5.56. The van der Waals surface area contributed by atoms with Gasteiger partial charge in [-0.3, -0.25) is 20.0 Å². The van der Waals surface area contributed by atoms with Gasteiger partial charge in [-0.1, -0.05) is 13.0 Å². The van der Waals surface area contributed by atoms with Gasteiger partial charge in [0.15, 0.2) is 0 Å². The van der Waals surface area contributed by atoms with Crippen molar-refractivity contribution in [2.24, 2.45) is 5.84 Å². The van der Waals surface area contributed by atoms with E-state index in [2.05, 4.69) is 34.1 Å². The summed E-state index contributed by atoms with van der Waals surface area (Å²) in [6, 6.07) is 6.13. The zero-order valence-corrected chi connectivity index (χ0v) is 12.9. The molecule has 1 aliphatic heterocycles. The normalized spacial score (nSPS) is 18.4. The lowest BCUT2D eigenvalue weighted by atomic mass is 10.2. The fraction of sp³-hybridized carbons (Fsp3) is 0.600. The van der Waals surface area contributed by atoms with Crippen molar-refractivity contribution >= 4 is 5.91 Å². The second-order valence-electron chi connectivity index (χ2n) is 5.56. The molecule has 6 nitrogen and oxygen atoms in total. The number of pyridine rings is 1. The van der Waals surface area contributed by atoms with Gasteiger partial charge < -0.3 is 0 Å². The van der Waals surface area contributed by atoms with Gasteiger partial charge in [0.05, 0.1) is 5.69 Å². The minimum atomic E-state index is -0.349. The van der Waals surface area contributed by atoms with Crippen LogP contribution in [-0.4, -0.2) is 52.9 Å². The molecular weight excluding hydrogens is 266 g/mol. The van der Waals surface area contributed by atoms with Gasteiger partial charge in [0.2, 0.25) is 0 Å². The van der Waals surface area contributed by atoms with E-state index in [1.807, 2.05) is 12.1 Å². The highest BCUT2D eigenvalue weighted by molar-refractivity contribution is 5.91. The molecule has 1 aliphatic rings. The van der Waals surface area contributed by atoms with Crippen LogP contribution < -0.4 is 11.3 Å². The number of amides is 1. The smallest absolute Gasteiger partial charge is 0.283 e. The van der Waals surface area contributed by atoms with Crippen LogP contribution in [0, 0.1) is 0 Å². The summed E-state index contributed by atoms with van der Waals surface area (Å²) in [5.41, 5.74) is 3.39. The first-order chi connectivity index (χ1) is 10.1. The minimum absolute atomic E-state index is 0.349. The van der Waals surface area contributed by atoms with Gasteiger partial charge in [-0.2, -0.15) is 0 Å². The van der Waals surface area contributed by atoms with E-state index in [0.717, 1.165) is 38.4 Å². The highest BCUT2D eigenvalue weighted by Gasteiger charge is 2.20. The Morgan fingerprint density at radius 1 is 1.38 bits per heavy atom. The van der Waals surface area contributed by atoms with Crippen LogP contribution in [0.2, 0.25) is 0 Å². The fourth-order valence-electron chi connectivity index (χ4n) is 2.62. The Hall–Kier alpha value is -1.50. The summed E-state index contributed by atoms with van der Waals surface area (Å²) >= 11 is 0. The molecule has 6 heteroatoms. The quantitative estimate of drug-likeness (QED) is 0.472. The van der Waals surface area contributed by atoms with E-state index in [-0.39, 0.29) is 5.91 Å². The predicted molar refractivity (Wildman–Crippen MR) is 82.5 cm³/mol. The van der Waals surface area contributed by atoms with Crippen LogP contribution in [0.25, 0.3) is 0 Å². The number of nitrogen functional groups attached to an aromatic ring is 1. The molecule has 0 bridgehead atoms. The number of carbonyl (C=O) groups is 1. The van der Waals surface area contributed by atoms with Gasteiger partial charge >= 0.3 is 0 Å². The molecule has 1 atom stereocenters. The highest BCUT2D eigenvalue weighted by atomic mass is 16.2. The first-order valence-electron chi connectivity index (χ1n) is 7.57. The van der Waals surface area contributed by atoms with Gasteiger partial charge in [-0.15, -0.1) is 0 Å². The van der Waals surface area contributed by atoms with Crippen LogP contribution in [0.4, 0.5) is 0 Å². The van der Waals surface area contributed by atoms with Gasteiger partial charge in [0.25, 0.3) is 5.91 Å². The van der Waals surface area contributed by atoms with Crippen LogP contribution in [0.15, 0.2) is 18.2 Å². The number of nitrogens with two attached hydrogens (primary N) is 1. The number of hydrogen-bond donors (Lipinski definition) is 2. The minimum Gasteiger partial charge on any atom is -0.298 e. The van der Waals surface area contributed by atoms with Crippen molar-refractivity contribution in [1.82, 2.24) is 20.2 Å². The maximum absolute atomic E-state index is 11.5. The van der Waals surface area contributed by atoms with E-state index >= 15 is 0 Å². The third-order valence-electron chi connectivity index (χ3n) is 4.18. The second kappa shape index (κ2) is 7.49. The van der Waals surface area contributed by atoms with Crippen molar-refractivity contribution in [2.75, 3.05) is 26.2 Å². The van der Waals surface area contributed by atoms with Crippen LogP contribution in [0.5, 0.6) is 0 Å². The van der Waals surface area contributed by atoms with Gasteiger partial charge in [0, 0.05) is 38.8 Å². The number of aromatic nitrogens is 1. The Kier molecular flexibility index (Phi) is 5.67. The summed E-state index contributed by atoms with van der Waals surface area (Å²) in [6.07, 6.45) is 1.19. The number of hydrazine groups is 1. The number of nitrogens with zero attached hydrogens (tertiary/aromatic N) is 3. The number of carbonyl (C=O) groups excluding carboxylic acids is 1. The molecular formula is C15H25N5O. The third-order valence-corrected chi connectivity index (χ3v) is 4.18. The van der Waals surface area contributed by atoms with E-state index in [0.29, 0.717) is 11.7 Å². The number of rotatable bonds is 5. The Morgan fingerprint density at radius 3 is 2.71 bits per heavy atom. The molecule has 0 saturated carbocycles. The molecule has 0 spiro atoms. The molecule has 1 amide bonds. The molecule has 1 saturated heterocycles. The van der Waals surface area contributed by atoms with Gasteiger partial charge in [-0.25, -0.2) is 10.8 Å². The van der Waals surface area contributed by atoms with Crippen LogP contribution in [0.1, 0.15) is 36.5 Å². The lowest BCUT2D eigenvalue weighted by molar-refractivity contribution is 0.0935. The molecule has 1 aromatic rings. The molecule has 0 aromatic carbocycles. The lowest BCUT2D eigenvalue weighted by Gasteiger charge is -2.37. The van der Waals surface area contributed by atoms with Crippen molar-refractivity contribution < 1.29 is 4.79 Å². The maximum atomic E-state index is 11.5. The van der Waals surface area contributed by atoms with E-state index in [9.17, 15) is 4.79 Å². The lowest BCUT2D eigenvalue weighted by Crippen LogP contribution is -2.49. The number of piperazine rings is 1. The average molecular weight is 291 g/mol. The van der Waals surface area contributed by atoms with E-state index in [4.69, 9.17) is 5.84 Å². The molecule has 1 fully saturated rings. The highest BCUT2D eigenvalue weighted by Crippen LogP contribution is 2.11. The summed E-state index contributed by atoms with van der Waals surface area (Å²) in [5, 5.41) is 0. The maximum Gasteiger partial charge on any atom is 0.283 e. The zero-order chi connectivity index (χ0) is 15.2. The topological polar surface area (TPSA) is 74.5 Å². The fourth-order valence-corrected chi connectivity index (χ4v) is 2.62. The number of nitrogens with one attached hydrogen (secondary N) is 1. The van der Waals surface area contributed by atoms with Crippen LogP contribution in [0.3, 0.4) is 0 Å². The monoisotopic (exact) mass is 291 g/mol. The molecule has 2 rings (SSSR count). The summed E-state index contributed by atoms with van der Waals surface area (Å²) in [6.45, 7) is 9.57. The SMILES string of the molecule is CCC(C)N1CCN(Cc2cccc(C(=O)NN)n2)CC1. The Balaban J connectivity index is 1.90. The van der Waals surface area contributed by atoms with Crippen molar-refractivity contribution in [3.8, 4) is 0 Å².